The van der Waals surface area contributed by atoms with Crippen molar-refractivity contribution in [3.8, 4) is 0 Å². The summed E-state index contributed by atoms with van der Waals surface area (Å²) in [5.41, 5.74) is 0. The quantitative estimate of drug-likeness (QED) is 0.664. The molecule has 0 fully saturated rings. The van der Waals surface area contributed by atoms with Crippen LogP contribution < -0.4 is 10.6 Å². The molecule has 0 amide bonds. The van der Waals surface area contributed by atoms with Gasteiger partial charge in [0.1, 0.15) is 0 Å². The monoisotopic (exact) mass is 191 g/mol. The molecule has 1 aromatic heterocycles. The number of nitrogens with zero attached hydrogens (tertiary/aromatic N) is 1. The number of allylic oxidation sites excluding steroid dienone is 1. The van der Waals surface area contributed by atoms with Gasteiger partial charge in [-0.05, 0) is 18.2 Å². The van der Waals surface area contributed by atoms with Crippen molar-refractivity contribution in [2.75, 3.05) is 0 Å². The largest absolute Gasteiger partial charge is 0.257 e. The summed E-state index contributed by atoms with van der Waals surface area (Å²) >= 11 is 0. The van der Waals surface area contributed by atoms with Gasteiger partial charge >= 0.3 is 0 Å². The molecule has 0 bridgehead atoms. The molecule has 0 saturated heterocycles. The van der Waals surface area contributed by atoms with Gasteiger partial charge in [-0.3, -0.25) is 4.98 Å². The van der Waals surface area contributed by atoms with Crippen LogP contribution in [-0.2, 0) is 0 Å². The molecular weight excluding hydrogens is 170 g/mol. The van der Waals surface area contributed by atoms with Crippen molar-refractivity contribution in [1.82, 2.24) is 4.98 Å². The van der Waals surface area contributed by atoms with E-state index in [-0.39, 0.29) is 7.43 Å². The number of rotatable bonds is 1. The van der Waals surface area contributed by atoms with Gasteiger partial charge in [0.05, 0.1) is 5.35 Å². The molecule has 1 heteroatoms. The zero-order chi connectivity index (χ0) is 10.1. The molecule has 1 aromatic rings. The maximum absolute atomic E-state index is 4.18. The van der Waals surface area contributed by atoms with E-state index in [4.69, 9.17) is 0 Å². The predicted molar refractivity (Wildman–Crippen MR) is 66.4 cm³/mol. The first-order chi connectivity index (χ1) is 6.38. The highest BCUT2D eigenvalue weighted by Gasteiger charge is 1.79. The second-order valence-electron chi connectivity index (χ2n) is 2.17. The van der Waals surface area contributed by atoms with Crippen LogP contribution in [-0.4, -0.2) is 4.98 Å². The maximum atomic E-state index is 4.18. The molecule has 0 saturated carbocycles. The van der Waals surface area contributed by atoms with Crippen molar-refractivity contribution in [2.45, 2.75) is 28.2 Å². The Kier molecular flexibility index (Phi) is 10.5. The van der Waals surface area contributed by atoms with Gasteiger partial charge in [0.2, 0.25) is 0 Å². The van der Waals surface area contributed by atoms with Crippen molar-refractivity contribution in [3.05, 3.63) is 41.6 Å². The van der Waals surface area contributed by atoms with Gasteiger partial charge in [-0.25, -0.2) is 0 Å². The molecule has 1 nitrogen and oxygen atoms in total. The van der Waals surface area contributed by atoms with Gasteiger partial charge in [-0.15, -0.1) is 0 Å². The van der Waals surface area contributed by atoms with Gasteiger partial charge in [0.25, 0.3) is 0 Å². The zero-order valence-electron chi connectivity index (χ0n) is 8.62. The Bertz CT molecular complexity index is 350. The van der Waals surface area contributed by atoms with Crippen molar-refractivity contribution >= 4 is 12.2 Å². The number of hydrogen-bond donors (Lipinski definition) is 0. The number of hydrogen-bond acceptors (Lipinski definition) is 1. The molecule has 78 valence electrons. The summed E-state index contributed by atoms with van der Waals surface area (Å²) in [6.45, 7) is 9.61. The van der Waals surface area contributed by atoms with Crippen LogP contribution in [0.5, 0.6) is 0 Å². The molecule has 14 heavy (non-hydrogen) atoms. The minimum absolute atomic E-state index is 0. The Balaban J connectivity index is 0. The molecule has 0 aliphatic carbocycles. The normalized spacial score (nSPS) is 11.1. The van der Waals surface area contributed by atoms with Crippen molar-refractivity contribution < 1.29 is 0 Å². The Morgan fingerprint density at radius 1 is 1.36 bits per heavy atom. The summed E-state index contributed by atoms with van der Waals surface area (Å²) < 4.78 is 0. The fourth-order valence-corrected chi connectivity index (χ4v) is 0.939. The van der Waals surface area contributed by atoms with E-state index in [0.29, 0.717) is 0 Å². The Morgan fingerprint density at radius 3 is 2.50 bits per heavy atom. The van der Waals surface area contributed by atoms with E-state index in [9.17, 15) is 0 Å². The molecule has 0 aliphatic rings. The third-order valence-corrected chi connectivity index (χ3v) is 1.44. The summed E-state index contributed by atoms with van der Waals surface area (Å²) in [5.74, 6) is 0. The van der Waals surface area contributed by atoms with Gasteiger partial charge in [-0.2, -0.15) is 0 Å². The van der Waals surface area contributed by atoms with Gasteiger partial charge < -0.3 is 0 Å². The Morgan fingerprint density at radius 2 is 2.00 bits per heavy atom. The second-order valence-corrected chi connectivity index (χ2v) is 2.17. The molecule has 0 aromatic carbocycles. The predicted octanol–water partition coefficient (Wildman–Crippen LogP) is 2.51. The van der Waals surface area contributed by atoms with E-state index < -0.39 is 0 Å². The highest BCUT2D eigenvalue weighted by molar-refractivity contribution is 5.35. The summed E-state index contributed by atoms with van der Waals surface area (Å²) in [5, 5.41) is 2.12. The molecular formula is C13H21N. The van der Waals surface area contributed by atoms with E-state index in [0.717, 1.165) is 10.6 Å². The molecule has 0 N–H and O–H groups in total. The van der Waals surface area contributed by atoms with Gasteiger partial charge in [0.15, 0.2) is 0 Å². The molecule has 0 radical (unpaired) electrons. The van der Waals surface area contributed by atoms with Crippen molar-refractivity contribution in [2.24, 2.45) is 0 Å². The molecule has 1 heterocycles. The molecule has 1 rings (SSSR count). The smallest absolute Gasteiger partial charge is 0.0659 e. The Labute approximate surface area is 87.5 Å². The first-order valence-electron chi connectivity index (χ1n) is 4.58. The summed E-state index contributed by atoms with van der Waals surface area (Å²) in [6, 6.07) is 3.94. The summed E-state index contributed by atoms with van der Waals surface area (Å²) in [7, 11) is 0. The fraction of sp³-hybridized carbons (Fsp3) is 0.308. The minimum Gasteiger partial charge on any atom is -0.257 e. The zero-order valence-corrected chi connectivity index (χ0v) is 8.62. The van der Waals surface area contributed by atoms with Crippen LogP contribution in [0.1, 0.15) is 28.2 Å². The lowest BCUT2D eigenvalue weighted by Gasteiger charge is -1.85. The van der Waals surface area contributed by atoms with Crippen LogP contribution in [0.3, 0.4) is 0 Å². The van der Waals surface area contributed by atoms with Crippen LogP contribution in [0.2, 0.25) is 0 Å². The van der Waals surface area contributed by atoms with Crippen LogP contribution in [0.25, 0.3) is 12.2 Å². The van der Waals surface area contributed by atoms with Gasteiger partial charge in [0, 0.05) is 6.20 Å². The standard InChI is InChI=1S/C10H11N.C2H6.CH4/c1-3-6-9-7-5-8-11-10(9)4-2;1-2;/h3-8H,1H2,2H3;1-2H3;1H4/b9-6-,10-4+;;. The maximum Gasteiger partial charge on any atom is 0.0659 e. The average Bonchev–Trinajstić information content (AvgIpc) is 2.22. The third kappa shape index (κ3) is 4.61. The summed E-state index contributed by atoms with van der Waals surface area (Å²) in [6.07, 6.45) is 7.48. The van der Waals surface area contributed by atoms with Crippen molar-refractivity contribution in [3.63, 3.8) is 0 Å². The topological polar surface area (TPSA) is 12.9 Å². The number of pyridine rings is 1. The average molecular weight is 191 g/mol. The Hall–Kier alpha value is -1.37. The lowest BCUT2D eigenvalue weighted by atomic mass is 10.3. The van der Waals surface area contributed by atoms with E-state index in [1.165, 1.54) is 0 Å². The highest BCUT2D eigenvalue weighted by Crippen LogP contribution is 1.68. The highest BCUT2D eigenvalue weighted by atomic mass is 14.6. The van der Waals surface area contributed by atoms with Crippen LogP contribution in [0.4, 0.5) is 0 Å². The minimum atomic E-state index is 0. The second kappa shape index (κ2) is 9.72. The molecule has 0 spiro atoms. The van der Waals surface area contributed by atoms with E-state index >= 15 is 0 Å². The first kappa shape index (κ1) is 15.1. The van der Waals surface area contributed by atoms with Crippen molar-refractivity contribution in [1.29, 1.82) is 0 Å². The lowest BCUT2D eigenvalue weighted by molar-refractivity contribution is 1.22. The van der Waals surface area contributed by atoms with Crippen LogP contribution >= 0.6 is 0 Å². The van der Waals surface area contributed by atoms with E-state index in [2.05, 4.69) is 11.6 Å². The van der Waals surface area contributed by atoms with E-state index in [1.54, 1.807) is 12.3 Å². The SMILES string of the molecule is C.C=C/C=c1/cccn/c1=C/C.CC. The summed E-state index contributed by atoms with van der Waals surface area (Å²) in [4.78, 5) is 4.18. The molecule has 0 unspecified atom stereocenters. The fourth-order valence-electron chi connectivity index (χ4n) is 0.939. The number of aromatic nitrogens is 1. The van der Waals surface area contributed by atoms with Crippen LogP contribution in [0, 0.1) is 0 Å². The third-order valence-electron chi connectivity index (χ3n) is 1.44. The van der Waals surface area contributed by atoms with Gasteiger partial charge in [-0.1, -0.05) is 52.1 Å². The first-order valence-corrected chi connectivity index (χ1v) is 4.58. The lowest BCUT2D eigenvalue weighted by Crippen LogP contribution is -2.26. The van der Waals surface area contributed by atoms with E-state index in [1.807, 2.05) is 45.1 Å². The molecule has 0 aliphatic heterocycles. The molecule has 0 atom stereocenters. The van der Waals surface area contributed by atoms with Crippen LogP contribution in [0.15, 0.2) is 31.0 Å².